The van der Waals surface area contributed by atoms with E-state index in [-0.39, 0.29) is 6.54 Å². The average molecular weight is 555 g/mol. The van der Waals surface area contributed by atoms with Gasteiger partial charge in [-0.05, 0) is 70.5 Å². The summed E-state index contributed by atoms with van der Waals surface area (Å²) >= 11 is 0. The molecule has 2 aliphatic heterocycles. The highest BCUT2D eigenvalue weighted by Crippen LogP contribution is 2.55. The Morgan fingerprint density at radius 1 is 0.951 bits per heavy atom. The molecule has 0 saturated carbocycles. The van der Waals surface area contributed by atoms with E-state index in [1.54, 1.807) is 82.0 Å². The number of nitrogens with one attached hydrogen (secondary N) is 1. The molecule has 3 aromatic carbocycles. The molecule has 212 valence electrons. The molecule has 0 radical (unpaired) electrons. The number of ether oxygens (including phenoxy) is 2. The lowest BCUT2D eigenvalue weighted by molar-refractivity contribution is -0.136. The van der Waals surface area contributed by atoms with Crippen molar-refractivity contribution < 1.29 is 23.9 Å². The van der Waals surface area contributed by atoms with Crippen LogP contribution in [0, 0.1) is 5.41 Å². The van der Waals surface area contributed by atoms with Gasteiger partial charge in [-0.1, -0.05) is 48.5 Å². The van der Waals surface area contributed by atoms with E-state index in [0.717, 1.165) is 5.56 Å². The zero-order valence-electron chi connectivity index (χ0n) is 24.1. The molecular formula is C32H34N4O5. The second kappa shape index (κ2) is 10.1. The topological polar surface area (TPSA) is 101 Å². The lowest BCUT2D eigenvalue weighted by atomic mass is 9.64. The van der Waals surface area contributed by atoms with Gasteiger partial charge < -0.3 is 19.7 Å². The first kappa shape index (κ1) is 27.9. The fourth-order valence-corrected chi connectivity index (χ4v) is 5.55. The van der Waals surface area contributed by atoms with E-state index in [9.17, 15) is 14.4 Å². The average Bonchev–Trinajstić information content (AvgIpc) is 3.32. The molecule has 2 heterocycles. The first-order chi connectivity index (χ1) is 19.4. The van der Waals surface area contributed by atoms with Gasteiger partial charge in [-0.3, -0.25) is 9.59 Å². The van der Waals surface area contributed by atoms with E-state index in [4.69, 9.17) is 9.47 Å². The van der Waals surface area contributed by atoms with Crippen LogP contribution in [0.4, 0.5) is 16.2 Å². The number of hydrogen-bond acceptors (Lipinski definition) is 6. The summed E-state index contributed by atoms with van der Waals surface area (Å²) < 4.78 is 11.2. The molecule has 0 aromatic heterocycles. The zero-order valence-corrected chi connectivity index (χ0v) is 24.1. The van der Waals surface area contributed by atoms with Crippen LogP contribution in [0.5, 0.6) is 5.75 Å². The largest absolute Gasteiger partial charge is 0.497 e. The van der Waals surface area contributed by atoms with Crippen molar-refractivity contribution in [3.63, 3.8) is 0 Å². The number of carbonyl (C=O) groups excluding carboxylic acids is 3. The van der Waals surface area contributed by atoms with E-state index in [1.165, 1.54) is 12.1 Å². The van der Waals surface area contributed by atoms with Crippen LogP contribution in [0.3, 0.4) is 0 Å². The molecule has 0 saturated heterocycles. The molecule has 9 nitrogen and oxygen atoms in total. The van der Waals surface area contributed by atoms with Gasteiger partial charge in [0, 0.05) is 5.56 Å². The maximum Gasteiger partial charge on any atom is 0.408 e. The summed E-state index contributed by atoms with van der Waals surface area (Å²) in [5.41, 5.74) is -1.61. The lowest BCUT2D eigenvalue weighted by Crippen LogP contribution is -2.66. The molecule has 3 amide bonds. The van der Waals surface area contributed by atoms with Crippen molar-refractivity contribution in [1.29, 1.82) is 0 Å². The van der Waals surface area contributed by atoms with Gasteiger partial charge in [0.1, 0.15) is 16.8 Å². The molecule has 0 bridgehead atoms. The Bertz CT molecular complexity index is 1530. The molecule has 41 heavy (non-hydrogen) atoms. The Labute approximate surface area is 239 Å². The monoisotopic (exact) mass is 554 g/mol. The number of rotatable bonds is 6. The highest BCUT2D eigenvalue weighted by atomic mass is 16.6. The molecule has 0 aliphatic carbocycles. The Morgan fingerprint density at radius 2 is 1.59 bits per heavy atom. The van der Waals surface area contributed by atoms with Crippen molar-refractivity contribution in [3.8, 4) is 5.75 Å². The molecule has 0 unspecified atom stereocenters. The second-order valence-corrected chi connectivity index (χ2v) is 11.4. The standard InChI is InChI=1S/C32H34N4O5/c1-21-31(5,27(37)36(34-21)23-15-11-8-12-16-23)32(33-29(39)41-30(2,3)4)25-19-24(40-6)17-18-26(25)35(28(32)38)20-22-13-9-7-10-14-22/h7-19H,20H2,1-6H3,(H,33,39)/t31-,32-/m0/s1. The third-order valence-electron chi connectivity index (χ3n) is 7.68. The number of carbonyl (C=O) groups is 3. The molecule has 9 heteroatoms. The minimum atomic E-state index is -1.90. The van der Waals surface area contributed by atoms with Gasteiger partial charge in [-0.15, -0.1) is 0 Å². The quantitative estimate of drug-likeness (QED) is 0.440. The van der Waals surface area contributed by atoms with Crippen LogP contribution in [0.25, 0.3) is 0 Å². The van der Waals surface area contributed by atoms with Gasteiger partial charge in [0.05, 0.1) is 30.7 Å². The van der Waals surface area contributed by atoms with Gasteiger partial charge in [0.15, 0.2) is 5.54 Å². The van der Waals surface area contributed by atoms with Crippen LogP contribution in [0.2, 0.25) is 0 Å². The predicted octanol–water partition coefficient (Wildman–Crippen LogP) is 5.39. The molecule has 1 N–H and O–H groups in total. The number of nitrogens with zero attached hydrogens (tertiary/aromatic N) is 3. The van der Waals surface area contributed by atoms with E-state index < -0.39 is 34.5 Å². The minimum absolute atomic E-state index is 0.222. The summed E-state index contributed by atoms with van der Waals surface area (Å²) in [6.45, 7) is 8.79. The Hall–Kier alpha value is -4.66. The summed E-state index contributed by atoms with van der Waals surface area (Å²) in [4.78, 5) is 44.5. The Balaban J connectivity index is 1.74. The summed E-state index contributed by atoms with van der Waals surface area (Å²) in [5.74, 6) is -0.464. The summed E-state index contributed by atoms with van der Waals surface area (Å²) in [6, 6.07) is 23.8. The van der Waals surface area contributed by atoms with E-state index >= 15 is 0 Å². The number of fused-ring (bicyclic) bond motifs is 1. The number of benzene rings is 3. The highest BCUT2D eigenvalue weighted by molar-refractivity contribution is 6.25. The number of amides is 3. The predicted molar refractivity (Wildman–Crippen MR) is 157 cm³/mol. The Kier molecular flexibility index (Phi) is 6.85. The van der Waals surface area contributed by atoms with Gasteiger partial charge in [-0.25, -0.2) is 4.79 Å². The maximum atomic E-state index is 14.9. The zero-order chi connectivity index (χ0) is 29.6. The molecule has 3 aromatic rings. The van der Waals surface area contributed by atoms with E-state index in [1.807, 2.05) is 36.4 Å². The lowest BCUT2D eigenvalue weighted by Gasteiger charge is -2.42. The van der Waals surface area contributed by atoms with Gasteiger partial charge >= 0.3 is 6.09 Å². The normalized spacial score (nSPS) is 22.0. The molecule has 5 rings (SSSR count). The van der Waals surface area contributed by atoms with E-state index in [0.29, 0.717) is 28.4 Å². The third kappa shape index (κ3) is 4.51. The number of hydrogen-bond donors (Lipinski definition) is 1. The van der Waals surface area contributed by atoms with Crippen LogP contribution in [0.15, 0.2) is 84.0 Å². The first-order valence-electron chi connectivity index (χ1n) is 13.4. The number of alkyl carbamates (subject to hydrolysis) is 1. The van der Waals surface area contributed by atoms with Crippen LogP contribution in [-0.4, -0.2) is 36.3 Å². The van der Waals surface area contributed by atoms with Crippen LogP contribution in [0.1, 0.15) is 45.7 Å². The van der Waals surface area contributed by atoms with Crippen molar-refractivity contribution in [2.75, 3.05) is 17.0 Å². The SMILES string of the molecule is COc1ccc2c(c1)[C@@](NC(=O)OC(C)(C)C)([C@]1(C)C(=O)N(c3ccccc3)N=C1C)C(=O)N2Cc1ccccc1. The minimum Gasteiger partial charge on any atom is -0.497 e. The molecule has 0 fully saturated rings. The molecule has 0 spiro atoms. The summed E-state index contributed by atoms with van der Waals surface area (Å²) in [6.07, 6.45) is -0.832. The number of anilines is 2. The number of methoxy groups -OCH3 is 1. The first-order valence-corrected chi connectivity index (χ1v) is 13.4. The van der Waals surface area contributed by atoms with Crippen molar-refractivity contribution >= 4 is 35.0 Å². The molecular weight excluding hydrogens is 520 g/mol. The number of hydrazone groups is 1. The van der Waals surface area contributed by atoms with Gasteiger partial charge in [0.25, 0.3) is 11.8 Å². The van der Waals surface area contributed by atoms with Gasteiger partial charge in [0.2, 0.25) is 0 Å². The fourth-order valence-electron chi connectivity index (χ4n) is 5.55. The van der Waals surface area contributed by atoms with Crippen LogP contribution in [-0.2, 0) is 26.4 Å². The second-order valence-electron chi connectivity index (χ2n) is 11.4. The highest BCUT2D eigenvalue weighted by Gasteiger charge is 2.70. The van der Waals surface area contributed by atoms with Crippen LogP contribution < -0.4 is 20.0 Å². The van der Waals surface area contributed by atoms with Gasteiger partial charge in [-0.2, -0.15) is 10.1 Å². The Morgan fingerprint density at radius 3 is 2.20 bits per heavy atom. The van der Waals surface area contributed by atoms with Crippen molar-refractivity contribution in [1.82, 2.24) is 5.32 Å². The van der Waals surface area contributed by atoms with E-state index in [2.05, 4.69) is 10.4 Å². The van der Waals surface area contributed by atoms with Crippen LogP contribution >= 0.6 is 0 Å². The fraction of sp³-hybridized carbons (Fsp3) is 0.312. The third-order valence-corrected chi connectivity index (χ3v) is 7.68. The maximum absolute atomic E-state index is 14.9. The number of para-hydroxylation sites is 1. The smallest absolute Gasteiger partial charge is 0.408 e. The molecule has 2 aliphatic rings. The van der Waals surface area contributed by atoms with Crippen molar-refractivity contribution in [2.45, 2.75) is 52.3 Å². The van der Waals surface area contributed by atoms with Crippen molar-refractivity contribution in [3.05, 3.63) is 90.0 Å². The summed E-state index contributed by atoms with van der Waals surface area (Å²) in [5, 5.41) is 8.82. The van der Waals surface area contributed by atoms with Crippen molar-refractivity contribution in [2.24, 2.45) is 10.5 Å². The summed E-state index contributed by atoms with van der Waals surface area (Å²) in [7, 11) is 1.52. The molecule has 2 atom stereocenters.